The Labute approximate surface area is 173 Å². The summed E-state index contributed by atoms with van der Waals surface area (Å²) in [5.74, 6) is 0.671. The van der Waals surface area contributed by atoms with Gasteiger partial charge in [0.25, 0.3) is 11.6 Å². The van der Waals surface area contributed by atoms with E-state index >= 15 is 0 Å². The highest BCUT2D eigenvalue weighted by atomic mass is 16.6. The molecule has 0 heterocycles. The minimum Gasteiger partial charge on any atom is -0.493 e. The topological polar surface area (TPSA) is 90.7 Å². The van der Waals surface area contributed by atoms with Gasteiger partial charge in [-0.25, -0.2) is 0 Å². The van der Waals surface area contributed by atoms with Gasteiger partial charge in [-0.2, -0.15) is 0 Å². The molecule has 0 bridgehead atoms. The summed E-state index contributed by atoms with van der Waals surface area (Å²) in [4.78, 5) is 23.7. The molecule has 7 nitrogen and oxygen atoms in total. The van der Waals surface area contributed by atoms with Crippen LogP contribution in [0.3, 0.4) is 0 Å². The molecule has 0 spiro atoms. The summed E-state index contributed by atoms with van der Waals surface area (Å²) >= 11 is 0. The third-order valence-corrected chi connectivity index (χ3v) is 4.36. The quantitative estimate of drug-likeness (QED) is 0.265. The number of anilines is 1. The fourth-order valence-electron chi connectivity index (χ4n) is 2.90. The molecule has 7 heteroatoms. The lowest BCUT2D eigenvalue weighted by molar-refractivity contribution is -0.384. The fourth-order valence-corrected chi connectivity index (χ4v) is 2.90. The Morgan fingerprint density at radius 3 is 2.33 bits per heavy atom. The zero-order valence-electron chi connectivity index (χ0n) is 16.5. The van der Waals surface area contributed by atoms with E-state index in [0.717, 1.165) is 0 Å². The smallest absolute Gasteiger partial charge is 0.270 e. The van der Waals surface area contributed by atoms with Gasteiger partial charge in [0.1, 0.15) is 0 Å². The number of benzene rings is 3. The molecule has 3 rings (SSSR count). The number of rotatable bonds is 7. The van der Waals surface area contributed by atoms with Crippen molar-refractivity contribution in [1.82, 2.24) is 0 Å². The van der Waals surface area contributed by atoms with E-state index in [-0.39, 0.29) is 11.6 Å². The largest absolute Gasteiger partial charge is 0.493 e. The molecule has 0 aliphatic rings. The van der Waals surface area contributed by atoms with Crippen LogP contribution in [0.15, 0.2) is 72.8 Å². The number of methoxy groups -OCH3 is 2. The van der Waals surface area contributed by atoms with Gasteiger partial charge < -0.3 is 14.8 Å². The molecule has 3 aromatic carbocycles. The molecule has 0 unspecified atom stereocenters. The van der Waals surface area contributed by atoms with E-state index in [0.29, 0.717) is 33.9 Å². The maximum absolute atomic E-state index is 13.1. The molecule has 0 aliphatic carbocycles. The number of nitrogens with zero attached hydrogens (tertiary/aromatic N) is 1. The van der Waals surface area contributed by atoms with Crippen LogP contribution in [-0.2, 0) is 4.79 Å². The molecule has 1 amide bonds. The SMILES string of the molecule is COc1ccc(NC(=O)C(=Cc2cccc([N+](=O)[O-])c2)c2ccccc2)cc1OC. The predicted octanol–water partition coefficient (Wildman–Crippen LogP) is 4.79. The van der Waals surface area contributed by atoms with Crippen molar-refractivity contribution in [3.63, 3.8) is 0 Å². The van der Waals surface area contributed by atoms with Gasteiger partial charge in [0.15, 0.2) is 11.5 Å². The minimum absolute atomic E-state index is 0.0449. The van der Waals surface area contributed by atoms with E-state index in [2.05, 4.69) is 5.32 Å². The number of amides is 1. The zero-order chi connectivity index (χ0) is 21.5. The molecule has 0 saturated carbocycles. The van der Waals surface area contributed by atoms with E-state index in [1.54, 1.807) is 48.5 Å². The number of nitro benzene ring substituents is 1. The van der Waals surface area contributed by atoms with Gasteiger partial charge in [0.05, 0.1) is 19.1 Å². The van der Waals surface area contributed by atoms with Crippen molar-refractivity contribution in [2.75, 3.05) is 19.5 Å². The van der Waals surface area contributed by atoms with Crippen LogP contribution in [0.4, 0.5) is 11.4 Å². The second kappa shape index (κ2) is 9.38. The van der Waals surface area contributed by atoms with Crippen molar-refractivity contribution >= 4 is 28.9 Å². The van der Waals surface area contributed by atoms with Crippen molar-refractivity contribution in [2.24, 2.45) is 0 Å². The van der Waals surface area contributed by atoms with Gasteiger partial charge in [0, 0.05) is 29.5 Å². The summed E-state index contributed by atoms with van der Waals surface area (Å²) in [5, 5.41) is 13.9. The van der Waals surface area contributed by atoms with E-state index in [9.17, 15) is 14.9 Å². The first-order valence-corrected chi connectivity index (χ1v) is 9.07. The lowest BCUT2D eigenvalue weighted by Crippen LogP contribution is -2.13. The van der Waals surface area contributed by atoms with Crippen LogP contribution in [-0.4, -0.2) is 25.1 Å². The van der Waals surface area contributed by atoms with Crippen molar-refractivity contribution in [1.29, 1.82) is 0 Å². The van der Waals surface area contributed by atoms with Crippen LogP contribution in [0.1, 0.15) is 11.1 Å². The second-order valence-electron chi connectivity index (χ2n) is 6.30. The number of nitro groups is 1. The lowest BCUT2D eigenvalue weighted by atomic mass is 10.0. The maximum Gasteiger partial charge on any atom is 0.270 e. The van der Waals surface area contributed by atoms with E-state index < -0.39 is 4.92 Å². The summed E-state index contributed by atoms with van der Waals surface area (Å²) in [7, 11) is 3.05. The zero-order valence-corrected chi connectivity index (χ0v) is 16.5. The first kappa shape index (κ1) is 20.6. The molecule has 0 atom stereocenters. The van der Waals surface area contributed by atoms with Crippen LogP contribution in [0.5, 0.6) is 11.5 Å². The Morgan fingerprint density at radius 1 is 0.933 bits per heavy atom. The number of non-ortho nitro benzene ring substituents is 1. The summed E-state index contributed by atoms with van der Waals surface area (Å²) in [5.41, 5.74) is 2.08. The number of nitrogens with one attached hydrogen (secondary N) is 1. The van der Waals surface area contributed by atoms with E-state index in [1.165, 1.54) is 26.4 Å². The Morgan fingerprint density at radius 2 is 1.67 bits per heavy atom. The number of hydrogen-bond acceptors (Lipinski definition) is 5. The first-order valence-electron chi connectivity index (χ1n) is 9.07. The molecule has 0 aliphatic heterocycles. The molecule has 0 radical (unpaired) electrons. The summed E-state index contributed by atoms with van der Waals surface area (Å²) in [6.45, 7) is 0. The van der Waals surface area contributed by atoms with Crippen molar-refractivity contribution in [3.8, 4) is 11.5 Å². The molecular formula is C23H20N2O5. The molecule has 152 valence electrons. The summed E-state index contributed by atoms with van der Waals surface area (Å²) in [6.07, 6.45) is 1.62. The average Bonchev–Trinajstić information content (AvgIpc) is 2.78. The van der Waals surface area contributed by atoms with E-state index in [4.69, 9.17) is 9.47 Å². The first-order chi connectivity index (χ1) is 14.5. The second-order valence-corrected chi connectivity index (χ2v) is 6.30. The van der Waals surface area contributed by atoms with E-state index in [1.807, 2.05) is 18.2 Å². The molecule has 0 saturated heterocycles. The minimum atomic E-state index is -0.469. The number of carbonyl (C=O) groups excluding carboxylic acids is 1. The Bertz CT molecular complexity index is 1090. The Hall–Kier alpha value is -4.13. The Balaban J connectivity index is 1.98. The molecule has 30 heavy (non-hydrogen) atoms. The summed E-state index contributed by atoms with van der Waals surface area (Å²) in [6, 6.07) is 20.3. The number of hydrogen-bond donors (Lipinski definition) is 1. The fraction of sp³-hybridized carbons (Fsp3) is 0.0870. The molecular weight excluding hydrogens is 384 g/mol. The van der Waals surface area contributed by atoms with Gasteiger partial charge in [-0.15, -0.1) is 0 Å². The third kappa shape index (κ3) is 4.82. The van der Waals surface area contributed by atoms with Crippen molar-refractivity contribution in [3.05, 3.63) is 94.0 Å². The molecule has 1 N–H and O–H groups in total. The van der Waals surface area contributed by atoms with Crippen LogP contribution in [0.2, 0.25) is 0 Å². The molecule has 0 fully saturated rings. The third-order valence-electron chi connectivity index (χ3n) is 4.36. The highest BCUT2D eigenvalue weighted by molar-refractivity contribution is 6.29. The van der Waals surface area contributed by atoms with Crippen molar-refractivity contribution in [2.45, 2.75) is 0 Å². The molecule has 0 aromatic heterocycles. The normalized spacial score (nSPS) is 10.9. The number of carbonyl (C=O) groups is 1. The van der Waals surface area contributed by atoms with Crippen molar-refractivity contribution < 1.29 is 19.2 Å². The number of ether oxygens (including phenoxy) is 2. The van der Waals surface area contributed by atoms with Crippen LogP contribution in [0.25, 0.3) is 11.6 Å². The lowest BCUT2D eigenvalue weighted by Gasteiger charge is -2.12. The average molecular weight is 404 g/mol. The van der Waals surface area contributed by atoms with Gasteiger partial charge in [-0.05, 0) is 29.3 Å². The Kier molecular flexibility index (Phi) is 6.44. The van der Waals surface area contributed by atoms with Crippen LogP contribution >= 0.6 is 0 Å². The van der Waals surface area contributed by atoms with Gasteiger partial charge in [-0.1, -0.05) is 42.5 Å². The maximum atomic E-state index is 13.1. The monoisotopic (exact) mass is 404 g/mol. The molecule has 3 aromatic rings. The summed E-state index contributed by atoms with van der Waals surface area (Å²) < 4.78 is 10.5. The highest BCUT2D eigenvalue weighted by Gasteiger charge is 2.15. The van der Waals surface area contributed by atoms with Gasteiger partial charge >= 0.3 is 0 Å². The predicted molar refractivity (Wildman–Crippen MR) is 116 cm³/mol. The van der Waals surface area contributed by atoms with Gasteiger partial charge in [0.2, 0.25) is 0 Å². The highest BCUT2D eigenvalue weighted by Crippen LogP contribution is 2.30. The van der Waals surface area contributed by atoms with Gasteiger partial charge in [-0.3, -0.25) is 14.9 Å². The van der Waals surface area contributed by atoms with Crippen LogP contribution in [0, 0.1) is 10.1 Å². The standard InChI is InChI=1S/C23H20N2O5/c1-29-21-12-11-18(15-22(21)30-2)24-23(26)20(17-8-4-3-5-9-17)14-16-7-6-10-19(13-16)25(27)28/h3-15H,1-2H3,(H,24,26). The van der Waals surface area contributed by atoms with Crippen LogP contribution < -0.4 is 14.8 Å².